The zero-order chi connectivity index (χ0) is 23.8. The number of unbranched alkanes of at least 4 members (excludes halogenated alkanes) is 1. The molecule has 0 saturated heterocycles. The molecule has 1 heterocycles. The predicted octanol–water partition coefficient (Wildman–Crippen LogP) is 3.73. The van der Waals surface area contributed by atoms with Crippen LogP contribution in [0.5, 0.6) is 5.75 Å². The third-order valence-corrected chi connectivity index (χ3v) is 5.70. The van der Waals surface area contributed by atoms with Gasteiger partial charge in [-0.2, -0.15) is 0 Å². The number of hydrogen-bond acceptors (Lipinski definition) is 7. The third kappa shape index (κ3) is 6.32. The Kier molecular flexibility index (Phi) is 8.43. The van der Waals surface area contributed by atoms with Gasteiger partial charge in [0.2, 0.25) is 11.9 Å². The van der Waals surface area contributed by atoms with Gasteiger partial charge in [0.05, 0.1) is 12.8 Å². The Balaban J connectivity index is 1.97. The molecule has 1 atom stereocenters. The Morgan fingerprint density at radius 2 is 2.03 bits per heavy atom. The van der Waals surface area contributed by atoms with Crippen molar-refractivity contribution in [2.45, 2.75) is 32.2 Å². The van der Waals surface area contributed by atoms with Crippen molar-refractivity contribution >= 4 is 28.3 Å². The lowest BCUT2D eigenvalue weighted by molar-refractivity contribution is -0.118. The van der Waals surface area contributed by atoms with Gasteiger partial charge in [-0.3, -0.25) is 4.79 Å². The van der Waals surface area contributed by atoms with Crippen LogP contribution in [0.2, 0.25) is 0 Å². The summed E-state index contributed by atoms with van der Waals surface area (Å²) in [5, 5.41) is 8.33. The fourth-order valence-corrected chi connectivity index (χ4v) is 3.73. The summed E-state index contributed by atoms with van der Waals surface area (Å²) in [5.41, 5.74) is 8.29. The molecule has 0 aliphatic carbocycles. The van der Waals surface area contributed by atoms with E-state index in [0.29, 0.717) is 12.4 Å². The maximum Gasteiger partial charge on any atom is 0.239 e. The molecule has 0 bridgehead atoms. The van der Waals surface area contributed by atoms with Crippen LogP contribution in [0.25, 0.3) is 22.0 Å². The van der Waals surface area contributed by atoms with Crippen molar-refractivity contribution < 1.29 is 9.53 Å². The zero-order valence-corrected chi connectivity index (χ0v) is 19.9. The molecule has 0 radical (unpaired) electrons. The molecule has 3 rings (SSSR count). The quantitative estimate of drug-likeness (QED) is 0.386. The number of methoxy groups -OCH3 is 1. The van der Waals surface area contributed by atoms with Crippen LogP contribution in [0.1, 0.15) is 26.2 Å². The summed E-state index contributed by atoms with van der Waals surface area (Å²) in [6, 6.07) is 11.3. The SMILES string of the molecule is CCCCN(C)CCC(Nc1cc(-c2ccnc(NC)n2)cc2ccc(OC)cc12)C(N)=O. The summed E-state index contributed by atoms with van der Waals surface area (Å²) in [6.45, 7) is 3.95. The number of nitrogens with zero attached hydrogens (tertiary/aromatic N) is 3. The Hall–Kier alpha value is -3.39. The maximum atomic E-state index is 12.3. The second-order valence-corrected chi connectivity index (χ2v) is 8.17. The van der Waals surface area contributed by atoms with E-state index in [4.69, 9.17) is 10.5 Å². The van der Waals surface area contributed by atoms with Gasteiger partial charge in [-0.05, 0) is 62.2 Å². The number of primary amides is 1. The molecular formula is C25H34N6O2. The lowest BCUT2D eigenvalue weighted by Crippen LogP contribution is -2.38. The number of ether oxygens (including phenoxy) is 1. The molecule has 4 N–H and O–H groups in total. The highest BCUT2D eigenvalue weighted by molar-refractivity contribution is 5.99. The van der Waals surface area contributed by atoms with E-state index in [1.165, 1.54) is 0 Å². The summed E-state index contributed by atoms with van der Waals surface area (Å²) >= 11 is 0. The van der Waals surface area contributed by atoms with Crippen molar-refractivity contribution in [3.8, 4) is 17.0 Å². The van der Waals surface area contributed by atoms with E-state index in [9.17, 15) is 4.79 Å². The molecule has 1 amide bonds. The van der Waals surface area contributed by atoms with Crippen molar-refractivity contribution in [1.29, 1.82) is 0 Å². The smallest absolute Gasteiger partial charge is 0.239 e. The van der Waals surface area contributed by atoms with Crippen LogP contribution in [0.15, 0.2) is 42.6 Å². The average Bonchev–Trinajstić information content (AvgIpc) is 2.84. The van der Waals surface area contributed by atoms with Crippen LogP contribution in [0, 0.1) is 0 Å². The molecule has 0 aliphatic rings. The summed E-state index contributed by atoms with van der Waals surface area (Å²) in [5.74, 6) is 0.912. The number of anilines is 2. The summed E-state index contributed by atoms with van der Waals surface area (Å²) in [4.78, 5) is 23.3. The molecule has 2 aromatic carbocycles. The number of carbonyl (C=O) groups excluding carboxylic acids is 1. The van der Waals surface area contributed by atoms with Gasteiger partial charge in [0, 0.05) is 36.4 Å². The van der Waals surface area contributed by atoms with E-state index in [1.807, 2.05) is 30.3 Å². The van der Waals surface area contributed by atoms with Crippen molar-refractivity contribution in [3.05, 3.63) is 42.6 Å². The largest absolute Gasteiger partial charge is 0.497 e. The molecule has 8 heteroatoms. The van der Waals surface area contributed by atoms with E-state index < -0.39 is 6.04 Å². The van der Waals surface area contributed by atoms with Gasteiger partial charge in [0.15, 0.2) is 0 Å². The molecule has 0 spiro atoms. The van der Waals surface area contributed by atoms with Crippen LogP contribution < -0.4 is 21.1 Å². The molecule has 1 unspecified atom stereocenters. The van der Waals surface area contributed by atoms with Gasteiger partial charge in [-0.15, -0.1) is 0 Å². The van der Waals surface area contributed by atoms with Crippen LogP contribution in [0.4, 0.5) is 11.6 Å². The Morgan fingerprint density at radius 3 is 2.73 bits per heavy atom. The second kappa shape index (κ2) is 11.5. The lowest BCUT2D eigenvalue weighted by Gasteiger charge is -2.22. The van der Waals surface area contributed by atoms with Crippen molar-refractivity contribution in [3.63, 3.8) is 0 Å². The molecule has 176 valence electrons. The third-order valence-electron chi connectivity index (χ3n) is 5.70. The fourth-order valence-electron chi connectivity index (χ4n) is 3.73. The summed E-state index contributed by atoms with van der Waals surface area (Å²) in [7, 11) is 5.50. The monoisotopic (exact) mass is 450 g/mol. The van der Waals surface area contributed by atoms with Crippen LogP contribution in [-0.4, -0.2) is 61.1 Å². The molecule has 0 saturated carbocycles. The normalized spacial score (nSPS) is 12.0. The van der Waals surface area contributed by atoms with Gasteiger partial charge >= 0.3 is 0 Å². The molecule has 3 aromatic rings. The minimum atomic E-state index is -0.503. The minimum absolute atomic E-state index is 0.375. The lowest BCUT2D eigenvalue weighted by atomic mass is 10.0. The minimum Gasteiger partial charge on any atom is -0.497 e. The number of aromatic nitrogens is 2. The molecular weight excluding hydrogens is 416 g/mol. The molecule has 0 fully saturated rings. The van der Waals surface area contributed by atoms with Gasteiger partial charge in [0.25, 0.3) is 0 Å². The van der Waals surface area contributed by atoms with E-state index in [1.54, 1.807) is 20.4 Å². The van der Waals surface area contributed by atoms with Crippen molar-refractivity contribution in [1.82, 2.24) is 14.9 Å². The molecule has 33 heavy (non-hydrogen) atoms. The van der Waals surface area contributed by atoms with Gasteiger partial charge < -0.3 is 26.0 Å². The second-order valence-electron chi connectivity index (χ2n) is 8.17. The average molecular weight is 451 g/mol. The topological polar surface area (TPSA) is 105 Å². The van der Waals surface area contributed by atoms with E-state index in [2.05, 4.69) is 45.5 Å². The molecule has 0 aliphatic heterocycles. The van der Waals surface area contributed by atoms with Gasteiger partial charge in [-0.1, -0.05) is 19.4 Å². The standard InChI is InChI=1S/C25H34N6O2/c1-5-6-12-31(3)13-10-22(24(26)32)29-23-15-18(21-9-11-28-25(27-2)30-21)14-17-7-8-19(33-4)16-20(17)23/h7-9,11,14-16,22,29H,5-6,10,12-13H2,1-4H3,(H2,26,32)(H,27,28,30). The first kappa shape index (κ1) is 24.3. The number of carbonyl (C=O) groups is 1. The van der Waals surface area contributed by atoms with Gasteiger partial charge in [-0.25, -0.2) is 9.97 Å². The predicted molar refractivity (Wildman–Crippen MR) is 135 cm³/mol. The van der Waals surface area contributed by atoms with Crippen molar-refractivity contribution in [2.75, 3.05) is 44.9 Å². The first-order valence-electron chi connectivity index (χ1n) is 11.3. The fraction of sp³-hybridized carbons (Fsp3) is 0.400. The summed E-state index contributed by atoms with van der Waals surface area (Å²) in [6.07, 6.45) is 4.60. The van der Waals surface area contributed by atoms with Gasteiger partial charge in [0.1, 0.15) is 11.8 Å². The van der Waals surface area contributed by atoms with Crippen LogP contribution >= 0.6 is 0 Å². The van der Waals surface area contributed by atoms with E-state index in [0.717, 1.165) is 59.4 Å². The van der Waals surface area contributed by atoms with E-state index in [-0.39, 0.29) is 5.91 Å². The maximum absolute atomic E-state index is 12.3. The first-order chi connectivity index (χ1) is 15.9. The van der Waals surface area contributed by atoms with Crippen molar-refractivity contribution in [2.24, 2.45) is 5.73 Å². The number of amides is 1. The number of rotatable bonds is 12. The Bertz CT molecular complexity index is 1090. The first-order valence-corrected chi connectivity index (χ1v) is 11.3. The van der Waals surface area contributed by atoms with Crippen LogP contribution in [0.3, 0.4) is 0 Å². The number of nitrogens with one attached hydrogen (secondary N) is 2. The highest BCUT2D eigenvalue weighted by Gasteiger charge is 2.18. The highest BCUT2D eigenvalue weighted by atomic mass is 16.5. The van der Waals surface area contributed by atoms with E-state index >= 15 is 0 Å². The number of benzene rings is 2. The Morgan fingerprint density at radius 1 is 1.21 bits per heavy atom. The number of hydrogen-bond donors (Lipinski definition) is 3. The Labute approximate surface area is 195 Å². The molecule has 1 aromatic heterocycles. The summed E-state index contributed by atoms with van der Waals surface area (Å²) < 4.78 is 5.44. The number of nitrogens with two attached hydrogens (primary N) is 1. The van der Waals surface area contributed by atoms with Crippen LogP contribution in [-0.2, 0) is 4.79 Å². The molecule has 8 nitrogen and oxygen atoms in total. The number of fused-ring (bicyclic) bond motifs is 1. The highest BCUT2D eigenvalue weighted by Crippen LogP contribution is 2.33. The zero-order valence-electron chi connectivity index (χ0n) is 19.9.